The molecule has 18 heavy (non-hydrogen) atoms. The molecule has 1 aliphatic heterocycles. The lowest BCUT2D eigenvalue weighted by molar-refractivity contribution is -0.139. The van der Waals surface area contributed by atoms with Gasteiger partial charge in [-0.1, -0.05) is 18.2 Å². The molecule has 1 saturated heterocycles. The molecule has 2 rings (SSSR count). The molecule has 0 unspecified atom stereocenters. The third-order valence-corrected chi connectivity index (χ3v) is 2.42. The van der Waals surface area contributed by atoms with Crippen LogP contribution in [0.3, 0.4) is 0 Å². The molecule has 0 N–H and O–H groups in total. The van der Waals surface area contributed by atoms with Crippen LogP contribution in [0.2, 0.25) is 0 Å². The molecule has 0 saturated carbocycles. The van der Waals surface area contributed by atoms with E-state index in [1.54, 1.807) is 18.2 Å². The third kappa shape index (κ3) is 2.44. The number of urea groups is 1. The molecule has 0 aromatic heterocycles. The highest BCUT2D eigenvalue weighted by molar-refractivity contribution is 6.19. The molecule has 3 amide bonds. The largest absolute Gasteiger partial charge is 0.406 e. The zero-order chi connectivity index (χ0) is 13.3. The number of para-hydroxylation sites is 1. The maximum Gasteiger partial charge on any atom is 0.406 e. The molecule has 1 aromatic carbocycles. The SMILES string of the molecule is O=C1CN(CC(F)(F)F)C(=O)N1c1ccccc1. The van der Waals surface area contributed by atoms with E-state index in [0.717, 1.165) is 4.90 Å². The maximum atomic E-state index is 12.2. The summed E-state index contributed by atoms with van der Waals surface area (Å²) in [7, 11) is 0. The van der Waals surface area contributed by atoms with Crippen LogP contribution in [0.15, 0.2) is 30.3 Å². The fraction of sp³-hybridized carbons (Fsp3) is 0.273. The van der Waals surface area contributed by atoms with Crippen LogP contribution in [0, 0.1) is 0 Å². The van der Waals surface area contributed by atoms with Gasteiger partial charge in [-0.25, -0.2) is 9.69 Å². The van der Waals surface area contributed by atoms with Crippen LogP contribution < -0.4 is 4.90 Å². The van der Waals surface area contributed by atoms with Crippen molar-refractivity contribution in [2.75, 3.05) is 18.0 Å². The molecular weight excluding hydrogens is 249 g/mol. The summed E-state index contributed by atoms with van der Waals surface area (Å²) in [4.78, 5) is 24.5. The van der Waals surface area contributed by atoms with E-state index in [0.29, 0.717) is 4.90 Å². The molecule has 7 heteroatoms. The van der Waals surface area contributed by atoms with Gasteiger partial charge in [-0.15, -0.1) is 0 Å². The summed E-state index contributed by atoms with van der Waals surface area (Å²) in [5.41, 5.74) is 0.275. The van der Waals surface area contributed by atoms with Crippen molar-refractivity contribution in [2.45, 2.75) is 6.18 Å². The first kappa shape index (κ1) is 12.4. The Hall–Kier alpha value is -2.05. The molecule has 0 atom stereocenters. The highest BCUT2D eigenvalue weighted by atomic mass is 19.4. The predicted octanol–water partition coefficient (Wildman–Crippen LogP) is 2.02. The highest BCUT2D eigenvalue weighted by Crippen LogP contribution is 2.24. The molecule has 1 heterocycles. The van der Waals surface area contributed by atoms with Crippen molar-refractivity contribution < 1.29 is 22.8 Å². The zero-order valence-electron chi connectivity index (χ0n) is 9.15. The van der Waals surface area contributed by atoms with Crippen LogP contribution in [0.25, 0.3) is 0 Å². The second-order valence-corrected chi connectivity index (χ2v) is 3.82. The molecular formula is C11H9F3N2O2. The number of carbonyl (C=O) groups is 2. The Morgan fingerprint density at radius 1 is 1.11 bits per heavy atom. The zero-order valence-corrected chi connectivity index (χ0v) is 9.15. The van der Waals surface area contributed by atoms with Crippen LogP contribution in [-0.4, -0.2) is 36.1 Å². The normalized spacial score (nSPS) is 16.6. The number of halogens is 3. The monoisotopic (exact) mass is 258 g/mol. The van der Waals surface area contributed by atoms with Gasteiger partial charge in [0, 0.05) is 0 Å². The van der Waals surface area contributed by atoms with E-state index < -0.39 is 31.2 Å². The van der Waals surface area contributed by atoms with Crippen LogP contribution in [0.1, 0.15) is 0 Å². The molecule has 1 aliphatic rings. The molecule has 0 spiro atoms. The number of nitrogens with zero attached hydrogens (tertiary/aromatic N) is 2. The second-order valence-electron chi connectivity index (χ2n) is 3.82. The Balaban J connectivity index is 2.20. The number of anilines is 1. The third-order valence-electron chi connectivity index (χ3n) is 2.42. The predicted molar refractivity (Wildman–Crippen MR) is 57.0 cm³/mol. The van der Waals surface area contributed by atoms with E-state index in [2.05, 4.69) is 0 Å². The number of hydrogen-bond acceptors (Lipinski definition) is 2. The molecule has 0 aliphatic carbocycles. The van der Waals surface area contributed by atoms with E-state index in [4.69, 9.17) is 0 Å². The van der Waals surface area contributed by atoms with Gasteiger partial charge in [-0.05, 0) is 12.1 Å². The van der Waals surface area contributed by atoms with Crippen molar-refractivity contribution >= 4 is 17.6 Å². The van der Waals surface area contributed by atoms with E-state index in [1.165, 1.54) is 12.1 Å². The summed E-state index contributed by atoms with van der Waals surface area (Å²) in [5, 5.41) is 0. The summed E-state index contributed by atoms with van der Waals surface area (Å²) >= 11 is 0. The highest BCUT2D eigenvalue weighted by Gasteiger charge is 2.42. The van der Waals surface area contributed by atoms with Crippen LogP contribution >= 0.6 is 0 Å². The van der Waals surface area contributed by atoms with E-state index in [9.17, 15) is 22.8 Å². The smallest absolute Gasteiger partial charge is 0.306 e. The van der Waals surface area contributed by atoms with Gasteiger partial charge in [0.1, 0.15) is 13.1 Å². The van der Waals surface area contributed by atoms with Crippen molar-refractivity contribution in [1.29, 1.82) is 0 Å². The first-order valence-electron chi connectivity index (χ1n) is 5.12. The summed E-state index contributed by atoms with van der Waals surface area (Å²) in [6, 6.07) is 6.93. The lowest BCUT2D eigenvalue weighted by Crippen LogP contribution is -2.38. The average Bonchev–Trinajstić information content (AvgIpc) is 2.53. The van der Waals surface area contributed by atoms with Gasteiger partial charge in [-0.3, -0.25) is 4.79 Å². The number of carbonyl (C=O) groups excluding carboxylic acids is 2. The van der Waals surface area contributed by atoms with Crippen LogP contribution in [-0.2, 0) is 4.79 Å². The second kappa shape index (κ2) is 4.32. The summed E-state index contributed by atoms with van der Waals surface area (Å²) in [5.74, 6) is -0.657. The van der Waals surface area contributed by atoms with Gasteiger partial charge in [0.25, 0.3) is 5.91 Å². The first-order chi connectivity index (χ1) is 8.38. The van der Waals surface area contributed by atoms with Crippen molar-refractivity contribution in [3.8, 4) is 0 Å². The molecule has 0 radical (unpaired) electrons. The molecule has 1 aromatic rings. The van der Waals surface area contributed by atoms with Gasteiger partial charge in [0.15, 0.2) is 0 Å². The standard InChI is InChI=1S/C11H9F3N2O2/c12-11(13,14)7-15-6-9(17)16(10(15)18)8-4-2-1-3-5-8/h1-5H,6-7H2. The lowest BCUT2D eigenvalue weighted by Gasteiger charge is -2.18. The van der Waals surface area contributed by atoms with E-state index in [1.807, 2.05) is 0 Å². The minimum absolute atomic E-state index is 0.275. The van der Waals surface area contributed by atoms with Crippen molar-refractivity contribution in [2.24, 2.45) is 0 Å². The van der Waals surface area contributed by atoms with Crippen molar-refractivity contribution in [3.05, 3.63) is 30.3 Å². The van der Waals surface area contributed by atoms with Crippen molar-refractivity contribution in [3.63, 3.8) is 0 Å². The molecule has 0 bridgehead atoms. The number of imide groups is 1. The van der Waals surface area contributed by atoms with Crippen LogP contribution in [0.5, 0.6) is 0 Å². The summed E-state index contributed by atoms with van der Waals surface area (Å²) < 4.78 is 36.6. The fourth-order valence-electron chi connectivity index (χ4n) is 1.72. The summed E-state index contributed by atoms with van der Waals surface area (Å²) in [6.45, 7) is -1.96. The van der Waals surface area contributed by atoms with Gasteiger partial charge < -0.3 is 4.90 Å². The van der Waals surface area contributed by atoms with Gasteiger partial charge in [-0.2, -0.15) is 13.2 Å². The van der Waals surface area contributed by atoms with E-state index in [-0.39, 0.29) is 5.69 Å². The van der Waals surface area contributed by atoms with Gasteiger partial charge >= 0.3 is 12.2 Å². The summed E-state index contributed by atoms with van der Waals surface area (Å²) in [6.07, 6.45) is -4.51. The van der Waals surface area contributed by atoms with Crippen molar-refractivity contribution in [1.82, 2.24) is 4.90 Å². The number of hydrogen-bond donors (Lipinski definition) is 0. The van der Waals surface area contributed by atoms with Gasteiger partial charge in [0.05, 0.1) is 5.69 Å². The van der Waals surface area contributed by atoms with Crippen LogP contribution in [0.4, 0.5) is 23.7 Å². The molecule has 1 fully saturated rings. The Labute approximate surface area is 101 Å². The number of rotatable bonds is 2. The van der Waals surface area contributed by atoms with Gasteiger partial charge in [0.2, 0.25) is 0 Å². The quantitative estimate of drug-likeness (QED) is 0.761. The number of benzene rings is 1. The Morgan fingerprint density at radius 2 is 1.72 bits per heavy atom. The first-order valence-corrected chi connectivity index (χ1v) is 5.12. The Morgan fingerprint density at radius 3 is 2.28 bits per heavy atom. The Bertz CT molecular complexity index is 473. The Kier molecular flexibility index (Phi) is 2.98. The average molecular weight is 258 g/mol. The minimum Gasteiger partial charge on any atom is -0.306 e. The van der Waals surface area contributed by atoms with E-state index >= 15 is 0 Å². The number of amides is 3. The minimum atomic E-state index is -4.51. The topological polar surface area (TPSA) is 40.6 Å². The number of alkyl halides is 3. The maximum absolute atomic E-state index is 12.2. The fourth-order valence-corrected chi connectivity index (χ4v) is 1.72. The molecule has 4 nitrogen and oxygen atoms in total. The molecule has 96 valence electrons. The lowest BCUT2D eigenvalue weighted by atomic mass is 10.3.